The predicted octanol–water partition coefficient (Wildman–Crippen LogP) is 3.82. The number of Topliss-reactive ketones (excluding diaryl/α,β-unsaturated/α-hetero) is 1. The fourth-order valence-corrected chi connectivity index (χ4v) is 2.53. The second kappa shape index (κ2) is 4.46. The maximum atomic E-state index is 12.0. The lowest BCUT2D eigenvalue weighted by Crippen LogP contribution is -2.25. The van der Waals surface area contributed by atoms with Crippen LogP contribution in [0.15, 0.2) is 0 Å². The zero-order valence-electron chi connectivity index (χ0n) is 10.1. The van der Waals surface area contributed by atoms with Gasteiger partial charge in [0, 0.05) is 12.3 Å². The molecule has 1 fully saturated rings. The fraction of sp³-hybridized carbons (Fsp3) is 0.923. The highest BCUT2D eigenvalue weighted by molar-refractivity contribution is 5.82. The lowest BCUT2D eigenvalue weighted by molar-refractivity contribution is -0.125. The molecule has 0 radical (unpaired) electrons. The molecule has 0 saturated heterocycles. The summed E-state index contributed by atoms with van der Waals surface area (Å²) in [6, 6.07) is 0. The highest BCUT2D eigenvalue weighted by Gasteiger charge is 2.38. The SMILES string of the molecule is CC(C)CCC(=O)C1CCCC1(C)C. The molecule has 1 atom stereocenters. The molecule has 1 aliphatic rings. The summed E-state index contributed by atoms with van der Waals surface area (Å²) in [6.45, 7) is 8.87. The fourth-order valence-electron chi connectivity index (χ4n) is 2.53. The van der Waals surface area contributed by atoms with Gasteiger partial charge in [0.25, 0.3) is 0 Å². The van der Waals surface area contributed by atoms with E-state index < -0.39 is 0 Å². The quantitative estimate of drug-likeness (QED) is 0.668. The number of carbonyl (C=O) groups is 1. The molecule has 1 aliphatic carbocycles. The number of ketones is 1. The number of hydrogen-bond acceptors (Lipinski definition) is 1. The third-order valence-corrected chi connectivity index (χ3v) is 3.61. The average Bonchev–Trinajstić information content (AvgIpc) is 2.41. The molecule has 0 aromatic heterocycles. The van der Waals surface area contributed by atoms with E-state index in [4.69, 9.17) is 0 Å². The van der Waals surface area contributed by atoms with Gasteiger partial charge >= 0.3 is 0 Å². The normalized spacial score (nSPS) is 25.6. The minimum absolute atomic E-state index is 0.272. The van der Waals surface area contributed by atoms with Crippen LogP contribution in [0.2, 0.25) is 0 Å². The highest BCUT2D eigenvalue weighted by Crippen LogP contribution is 2.43. The van der Waals surface area contributed by atoms with Gasteiger partial charge in [0.15, 0.2) is 0 Å². The molecule has 1 nitrogen and oxygen atoms in total. The van der Waals surface area contributed by atoms with Gasteiger partial charge in [-0.2, -0.15) is 0 Å². The average molecular weight is 196 g/mol. The van der Waals surface area contributed by atoms with Crippen molar-refractivity contribution in [3.8, 4) is 0 Å². The van der Waals surface area contributed by atoms with E-state index in [2.05, 4.69) is 27.7 Å². The van der Waals surface area contributed by atoms with Crippen molar-refractivity contribution < 1.29 is 4.79 Å². The smallest absolute Gasteiger partial charge is 0.136 e. The highest BCUT2D eigenvalue weighted by atomic mass is 16.1. The van der Waals surface area contributed by atoms with Crippen LogP contribution in [-0.2, 0) is 4.79 Å². The van der Waals surface area contributed by atoms with Crippen molar-refractivity contribution in [1.29, 1.82) is 0 Å². The molecule has 0 aliphatic heterocycles. The Kier molecular flexibility index (Phi) is 3.74. The van der Waals surface area contributed by atoms with Gasteiger partial charge in [0.2, 0.25) is 0 Å². The summed E-state index contributed by atoms with van der Waals surface area (Å²) in [6.07, 6.45) is 5.46. The van der Waals surface area contributed by atoms with E-state index in [1.165, 1.54) is 12.8 Å². The summed E-state index contributed by atoms with van der Waals surface area (Å²) in [5.74, 6) is 1.52. The Balaban J connectivity index is 2.44. The molecule has 0 aromatic rings. The second-order valence-electron chi connectivity index (χ2n) is 5.83. The van der Waals surface area contributed by atoms with E-state index in [1.807, 2.05) is 0 Å². The van der Waals surface area contributed by atoms with Gasteiger partial charge in [-0.05, 0) is 30.6 Å². The molecule has 1 saturated carbocycles. The first kappa shape index (κ1) is 11.7. The summed E-state index contributed by atoms with van der Waals surface area (Å²) in [4.78, 5) is 12.0. The lowest BCUT2D eigenvalue weighted by Gasteiger charge is -2.25. The number of rotatable bonds is 4. The Hall–Kier alpha value is -0.330. The van der Waals surface area contributed by atoms with Gasteiger partial charge in [0.1, 0.15) is 5.78 Å². The third-order valence-electron chi connectivity index (χ3n) is 3.61. The van der Waals surface area contributed by atoms with Crippen molar-refractivity contribution in [2.45, 2.75) is 59.8 Å². The lowest BCUT2D eigenvalue weighted by atomic mass is 9.78. The molecule has 0 aromatic carbocycles. The zero-order valence-corrected chi connectivity index (χ0v) is 10.1. The summed E-state index contributed by atoms with van der Waals surface area (Å²) < 4.78 is 0. The first-order valence-corrected chi connectivity index (χ1v) is 5.96. The first-order valence-electron chi connectivity index (χ1n) is 5.96. The van der Waals surface area contributed by atoms with Crippen molar-refractivity contribution in [2.24, 2.45) is 17.3 Å². The van der Waals surface area contributed by atoms with Crippen LogP contribution >= 0.6 is 0 Å². The molecule has 1 rings (SSSR count). The van der Waals surface area contributed by atoms with Gasteiger partial charge in [-0.25, -0.2) is 0 Å². The van der Waals surface area contributed by atoms with Crippen LogP contribution in [0.25, 0.3) is 0 Å². The summed E-state index contributed by atoms with van der Waals surface area (Å²) in [5, 5.41) is 0. The van der Waals surface area contributed by atoms with Crippen LogP contribution in [0.3, 0.4) is 0 Å². The molecule has 0 bridgehead atoms. The van der Waals surface area contributed by atoms with E-state index in [0.29, 0.717) is 17.6 Å². The molecular weight excluding hydrogens is 172 g/mol. The van der Waals surface area contributed by atoms with Crippen LogP contribution in [0.1, 0.15) is 59.8 Å². The molecule has 0 N–H and O–H groups in total. The molecule has 0 heterocycles. The van der Waals surface area contributed by atoms with Crippen LogP contribution in [0.4, 0.5) is 0 Å². The minimum Gasteiger partial charge on any atom is -0.299 e. The number of hydrogen-bond donors (Lipinski definition) is 0. The molecule has 82 valence electrons. The van der Waals surface area contributed by atoms with Crippen molar-refractivity contribution in [3.05, 3.63) is 0 Å². The maximum Gasteiger partial charge on any atom is 0.136 e. The van der Waals surface area contributed by atoms with E-state index in [1.54, 1.807) is 0 Å². The summed E-state index contributed by atoms with van der Waals surface area (Å²) >= 11 is 0. The van der Waals surface area contributed by atoms with Crippen molar-refractivity contribution in [1.82, 2.24) is 0 Å². The van der Waals surface area contributed by atoms with E-state index >= 15 is 0 Å². The van der Waals surface area contributed by atoms with Gasteiger partial charge in [-0.3, -0.25) is 4.79 Å². The van der Waals surface area contributed by atoms with Crippen LogP contribution in [0.5, 0.6) is 0 Å². The van der Waals surface area contributed by atoms with Gasteiger partial charge in [0.05, 0.1) is 0 Å². The Morgan fingerprint density at radius 1 is 1.43 bits per heavy atom. The van der Waals surface area contributed by atoms with Gasteiger partial charge in [-0.15, -0.1) is 0 Å². The third kappa shape index (κ3) is 2.83. The Bertz CT molecular complexity index is 203. The van der Waals surface area contributed by atoms with E-state index in [9.17, 15) is 4.79 Å². The molecule has 0 spiro atoms. The molecule has 14 heavy (non-hydrogen) atoms. The second-order valence-corrected chi connectivity index (χ2v) is 5.83. The van der Waals surface area contributed by atoms with Crippen LogP contribution < -0.4 is 0 Å². The Morgan fingerprint density at radius 3 is 2.50 bits per heavy atom. The molecule has 1 heteroatoms. The van der Waals surface area contributed by atoms with Crippen molar-refractivity contribution in [2.75, 3.05) is 0 Å². The van der Waals surface area contributed by atoms with Crippen molar-refractivity contribution >= 4 is 5.78 Å². The molecule has 0 amide bonds. The summed E-state index contributed by atoms with van der Waals surface area (Å²) in [5.41, 5.74) is 0.272. The van der Waals surface area contributed by atoms with Crippen LogP contribution in [-0.4, -0.2) is 5.78 Å². The van der Waals surface area contributed by atoms with Gasteiger partial charge < -0.3 is 0 Å². The van der Waals surface area contributed by atoms with E-state index in [-0.39, 0.29) is 5.41 Å². The first-order chi connectivity index (χ1) is 6.43. The molecular formula is C13H24O. The minimum atomic E-state index is 0.272. The van der Waals surface area contributed by atoms with Crippen LogP contribution in [0, 0.1) is 17.3 Å². The number of carbonyl (C=O) groups excluding carboxylic acids is 1. The van der Waals surface area contributed by atoms with Gasteiger partial charge in [-0.1, -0.05) is 34.1 Å². The standard InChI is InChI=1S/C13H24O/c1-10(2)7-8-12(14)11-6-5-9-13(11,3)4/h10-11H,5-9H2,1-4H3. The maximum absolute atomic E-state index is 12.0. The Labute approximate surface area is 88.3 Å². The monoisotopic (exact) mass is 196 g/mol. The predicted molar refractivity (Wildman–Crippen MR) is 60.2 cm³/mol. The summed E-state index contributed by atoms with van der Waals surface area (Å²) in [7, 11) is 0. The topological polar surface area (TPSA) is 17.1 Å². The van der Waals surface area contributed by atoms with E-state index in [0.717, 1.165) is 19.3 Å². The zero-order chi connectivity index (χ0) is 10.8. The largest absolute Gasteiger partial charge is 0.299 e. The Morgan fingerprint density at radius 2 is 2.07 bits per heavy atom. The molecule has 1 unspecified atom stereocenters. The van der Waals surface area contributed by atoms with Crippen molar-refractivity contribution in [3.63, 3.8) is 0 Å².